The second kappa shape index (κ2) is 11.5. The lowest BCUT2D eigenvalue weighted by molar-refractivity contribution is 1.18. The van der Waals surface area contributed by atoms with Crippen molar-refractivity contribution in [1.29, 1.82) is 0 Å². The predicted molar refractivity (Wildman–Crippen MR) is 211 cm³/mol. The zero-order valence-electron chi connectivity index (χ0n) is 40.3. The van der Waals surface area contributed by atoms with E-state index in [1.54, 1.807) is 24.3 Å². The first-order valence-corrected chi connectivity index (χ1v) is 16.1. The Kier molecular flexibility index (Phi) is 4.07. The molecule has 8 aromatic carbocycles. The number of nitrogens with zero attached hydrogens (tertiary/aromatic N) is 2. The van der Waals surface area contributed by atoms with Gasteiger partial charge in [-0.2, -0.15) is 0 Å². The fourth-order valence-electron chi connectivity index (χ4n) is 6.66. The normalized spacial score (nSPS) is 15.5. The van der Waals surface area contributed by atoms with Gasteiger partial charge in [-0.1, -0.05) is 133 Å². The molecule has 0 N–H and O–H groups in total. The number of aromatic nitrogens is 2. The summed E-state index contributed by atoms with van der Waals surface area (Å²) in [5.74, 6) is 0. The molecule has 0 spiro atoms. The van der Waals surface area contributed by atoms with Crippen molar-refractivity contribution in [3.05, 3.63) is 194 Å². The van der Waals surface area contributed by atoms with Crippen LogP contribution in [0.4, 0.5) is 0 Å². The minimum absolute atomic E-state index is 0.0433. The van der Waals surface area contributed by atoms with Crippen LogP contribution in [-0.4, -0.2) is 9.13 Å². The Morgan fingerprint density at radius 3 is 1.08 bits per heavy atom. The molecule has 2 nitrogen and oxygen atoms in total. The Morgan fingerprint density at radius 2 is 0.660 bits per heavy atom. The molecule has 0 aliphatic rings. The van der Waals surface area contributed by atoms with Crippen molar-refractivity contribution in [3.63, 3.8) is 0 Å². The van der Waals surface area contributed by atoms with Gasteiger partial charge in [-0.15, -0.1) is 0 Å². The van der Waals surface area contributed by atoms with Crippen molar-refractivity contribution >= 4 is 43.6 Å². The summed E-state index contributed by atoms with van der Waals surface area (Å²) in [5, 5.41) is -0.470. The summed E-state index contributed by atoms with van der Waals surface area (Å²) in [7, 11) is 0. The van der Waals surface area contributed by atoms with E-state index in [0.717, 1.165) is 22.3 Å². The summed E-state index contributed by atoms with van der Waals surface area (Å²) in [6.07, 6.45) is 0. The van der Waals surface area contributed by atoms with Gasteiger partial charge in [0.15, 0.2) is 0 Å². The summed E-state index contributed by atoms with van der Waals surface area (Å²) in [6.45, 7) is 0. The molecule has 50 heavy (non-hydrogen) atoms. The number of benzene rings is 8. The van der Waals surface area contributed by atoms with E-state index in [1.807, 2.05) is 84.9 Å². The maximum atomic E-state index is 9.79. The van der Waals surface area contributed by atoms with Crippen molar-refractivity contribution in [2.75, 3.05) is 0 Å². The van der Waals surface area contributed by atoms with Gasteiger partial charge in [-0.05, 0) is 93.9 Å². The highest BCUT2D eigenvalue weighted by Crippen LogP contribution is 2.38. The maximum Gasteiger partial charge on any atom is 0.0645 e. The second-order valence-electron chi connectivity index (χ2n) is 11.9. The van der Waals surface area contributed by atoms with Gasteiger partial charge in [-0.3, -0.25) is 0 Å². The number of para-hydroxylation sites is 2. The highest BCUT2D eigenvalue weighted by atomic mass is 15.0. The Hall–Kier alpha value is -6.64. The molecule has 0 fully saturated rings. The topological polar surface area (TPSA) is 9.86 Å². The molecule has 0 amide bonds. The Morgan fingerprint density at radius 1 is 0.300 bits per heavy atom. The van der Waals surface area contributed by atoms with Crippen LogP contribution < -0.4 is 0 Å². The first kappa shape index (κ1) is 17.7. The molecule has 2 heteroatoms. The van der Waals surface area contributed by atoms with Crippen LogP contribution in [0.3, 0.4) is 0 Å². The minimum Gasteiger partial charge on any atom is -0.309 e. The van der Waals surface area contributed by atoms with Gasteiger partial charge in [-0.25, -0.2) is 0 Å². The lowest BCUT2D eigenvalue weighted by Gasteiger charge is -2.11. The molecule has 10 aromatic rings. The Balaban J connectivity index is 1.31. The molecule has 0 aliphatic heterocycles. The van der Waals surface area contributed by atoms with E-state index in [4.69, 9.17) is 11.0 Å². The SMILES string of the molecule is [2H]c1c([2H])c([2H])c2c(c1[2H])c1c([2H])c(-c3c([2H])c([2H])c4c(c3[2H])c3c([2H])c([2H])c([2H])c([2H])c3n4-c3ccc(-c4ccccc4)cc3)c([2H])c([2H])c1n2-c1ccc(-c2ccccc2)cc1. The van der Waals surface area contributed by atoms with Crippen LogP contribution in [-0.2, 0) is 0 Å². The third-order valence-electron chi connectivity index (χ3n) is 9.03. The molecule has 0 unspecified atom stereocenters. The zero-order valence-corrected chi connectivity index (χ0v) is 26.3. The second-order valence-corrected chi connectivity index (χ2v) is 11.9. The number of hydrogen-bond donors (Lipinski definition) is 0. The summed E-state index contributed by atoms with van der Waals surface area (Å²) < 4.78 is 131. The molecule has 0 saturated carbocycles. The van der Waals surface area contributed by atoms with Gasteiger partial charge < -0.3 is 9.13 Å². The average molecular weight is 651 g/mol. The van der Waals surface area contributed by atoms with Crippen LogP contribution in [0, 0.1) is 0 Å². The standard InChI is InChI=1S/C48H32N2/c1-3-11-33(12-4-1)35-19-25-39(26-20-35)49-45-17-9-7-15-41(45)43-31-37(23-29-47(43)49)38-24-30-48-44(32-38)42-16-8-10-18-46(42)50(48)40-27-21-36(22-28-40)34-13-5-2-6-14-34/h1-32H/i7D,8D,9D,10D,15D,16D,17D,18D,23D,24D,29D,30D,31D,32D. The van der Waals surface area contributed by atoms with Crippen LogP contribution in [0.2, 0.25) is 0 Å². The number of rotatable bonds is 5. The van der Waals surface area contributed by atoms with Crippen molar-refractivity contribution in [3.8, 4) is 44.8 Å². The molecule has 2 aromatic heterocycles. The lowest BCUT2D eigenvalue weighted by Crippen LogP contribution is -1.94. The van der Waals surface area contributed by atoms with E-state index in [-0.39, 0.29) is 43.6 Å². The van der Waals surface area contributed by atoms with Crippen molar-refractivity contribution in [2.24, 2.45) is 0 Å². The predicted octanol–water partition coefficient (Wildman–Crippen LogP) is 12.9. The van der Waals surface area contributed by atoms with E-state index in [2.05, 4.69) is 0 Å². The summed E-state index contributed by atoms with van der Waals surface area (Å²) in [5.41, 5.74) is 3.29. The molecule has 0 atom stereocenters. The van der Waals surface area contributed by atoms with Crippen LogP contribution >= 0.6 is 0 Å². The van der Waals surface area contributed by atoms with Crippen molar-refractivity contribution in [2.45, 2.75) is 0 Å². The number of fused-ring (bicyclic) bond motifs is 6. The third kappa shape index (κ3) is 4.57. The van der Waals surface area contributed by atoms with E-state index in [1.165, 1.54) is 9.13 Å². The lowest BCUT2D eigenvalue weighted by atomic mass is 10.0. The van der Waals surface area contributed by atoms with E-state index in [0.29, 0.717) is 11.4 Å². The average Bonchev–Trinajstić information content (AvgIpc) is 3.88. The molecule has 10 rings (SSSR count). The van der Waals surface area contributed by atoms with Crippen molar-refractivity contribution in [1.82, 2.24) is 9.13 Å². The summed E-state index contributed by atoms with van der Waals surface area (Å²) in [4.78, 5) is 0. The first-order valence-electron chi connectivity index (χ1n) is 23.1. The largest absolute Gasteiger partial charge is 0.309 e. The monoisotopic (exact) mass is 650 g/mol. The molecular weight excluding hydrogens is 605 g/mol. The molecule has 0 radical (unpaired) electrons. The van der Waals surface area contributed by atoms with E-state index in [9.17, 15) is 8.22 Å². The molecule has 0 saturated heterocycles. The van der Waals surface area contributed by atoms with Gasteiger partial charge in [0.1, 0.15) is 0 Å². The van der Waals surface area contributed by atoms with Gasteiger partial charge in [0, 0.05) is 32.9 Å². The van der Waals surface area contributed by atoms with Gasteiger partial charge in [0.2, 0.25) is 0 Å². The van der Waals surface area contributed by atoms with Crippen LogP contribution in [0.1, 0.15) is 19.2 Å². The fraction of sp³-hybridized carbons (Fsp3) is 0. The zero-order chi connectivity index (χ0) is 45.2. The maximum absolute atomic E-state index is 9.79. The molecule has 0 bridgehead atoms. The minimum atomic E-state index is -0.611. The van der Waals surface area contributed by atoms with Gasteiger partial charge >= 0.3 is 0 Å². The van der Waals surface area contributed by atoms with Gasteiger partial charge in [0.25, 0.3) is 0 Å². The summed E-state index contributed by atoms with van der Waals surface area (Å²) >= 11 is 0. The van der Waals surface area contributed by atoms with E-state index < -0.39 is 95.7 Å². The highest BCUT2D eigenvalue weighted by Gasteiger charge is 2.16. The molecule has 2 heterocycles. The smallest absolute Gasteiger partial charge is 0.0645 e. The highest BCUT2D eigenvalue weighted by molar-refractivity contribution is 6.12. The van der Waals surface area contributed by atoms with Gasteiger partial charge in [0.05, 0.1) is 41.3 Å². The quantitative estimate of drug-likeness (QED) is 0.175. The number of hydrogen-bond acceptors (Lipinski definition) is 0. The third-order valence-corrected chi connectivity index (χ3v) is 9.03. The summed E-state index contributed by atoms with van der Waals surface area (Å²) in [6, 6.07) is 25.9. The molecular formula is C48H32N2. The van der Waals surface area contributed by atoms with Crippen LogP contribution in [0.5, 0.6) is 0 Å². The first-order chi connectivity index (χ1) is 30.6. The Labute approximate surface area is 310 Å². The van der Waals surface area contributed by atoms with Crippen LogP contribution in [0.25, 0.3) is 88.4 Å². The van der Waals surface area contributed by atoms with Crippen LogP contribution in [0.15, 0.2) is 194 Å². The van der Waals surface area contributed by atoms with E-state index >= 15 is 0 Å². The molecule has 234 valence electrons. The Bertz CT molecular complexity index is 3380. The molecule has 0 aliphatic carbocycles. The van der Waals surface area contributed by atoms with Crippen molar-refractivity contribution < 1.29 is 19.2 Å². The fourth-order valence-corrected chi connectivity index (χ4v) is 6.66.